The summed E-state index contributed by atoms with van der Waals surface area (Å²) in [6, 6.07) is 10.6. The largest absolute Gasteiger partial charge is 0.348 e. The monoisotopic (exact) mass is 479 g/mol. The second-order valence-corrected chi connectivity index (χ2v) is 9.21. The number of aromatic nitrogens is 2. The summed E-state index contributed by atoms with van der Waals surface area (Å²) in [5, 5.41) is 5.69. The van der Waals surface area contributed by atoms with Gasteiger partial charge >= 0.3 is 0 Å². The number of amides is 2. The fourth-order valence-corrected chi connectivity index (χ4v) is 4.82. The second-order valence-electron chi connectivity index (χ2n) is 9.21. The van der Waals surface area contributed by atoms with E-state index < -0.39 is 17.7 Å². The summed E-state index contributed by atoms with van der Waals surface area (Å²) in [6.07, 6.45) is 0.309. The summed E-state index contributed by atoms with van der Waals surface area (Å²) in [5.74, 6) is -4.07. The van der Waals surface area contributed by atoms with E-state index in [4.69, 9.17) is 0 Å². The molecule has 35 heavy (non-hydrogen) atoms. The highest BCUT2D eigenvalue weighted by molar-refractivity contribution is 5.98. The van der Waals surface area contributed by atoms with E-state index in [1.807, 2.05) is 12.1 Å². The third-order valence-corrected chi connectivity index (χ3v) is 6.73. The molecule has 178 valence electrons. The smallest absolute Gasteiger partial charge is 0.251 e. The predicted octanol–water partition coefficient (Wildman–Crippen LogP) is 4.16. The molecule has 2 aromatic carbocycles. The van der Waals surface area contributed by atoms with Gasteiger partial charge in [0.25, 0.3) is 5.91 Å². The van der Waals surface area contributed by atoms with Gasteiger partial charge in [-0.2, -0.15) is 0 Å². The molecule has 0 atom stereocenters. The highest BCUT2D eigenvalue weighted by Crippen LogP contribution is 2.44. The molecule has 7 nitrogen and oxygen atoms in total. The molecule has 1 fully saturated rings. The lowest BCUT2D eigenvalue weighted by molar-refractivity contribution is -0.160. The Bertz CT molecular complexity index is 1390. The average Bonchev–Trinajstić information content (AvgIpc) is 3.41. The highest BCUT2D eigenvalue weighted by Gasteiger charge is 2.50. The van der Waals surface area contributed by atoms with Gasteiger partial charge in [0.1, 0.15) is 0 Å². The Morgan fingerprint density at radius 3 is 2.69 bits per heavy atom. The molecule has 2 aliphatic heterocycles. The van der Waals surface area contributed by atoms with Crippen LogP contribution >= 0.6 is 0 Å². The van der Waals surface area contributed by atoms with E-state index in [0.29, 0.717) is 42.3 Å². The molecule has 0 saturated heterocycles. The van der Waals surface area contributed by atoms with Crippen molar-refractivity contribution in [1.82, 2.24) is 20.2 Å². The van der Waals surface area contributed by atoms with Crippen molar-refractivity contribution in [3.63, 3.8) is 0 Å². The number of alkyl halides is 2. The third-order valence-electron chi connectivity index (χ3n) is 6.73. The van der Waals surface area contributed by atoms with Gasteiger partial charge < -0.3 is 15.5 Å². The number of halogens is 3. The van der Waals surface area contributed by atoms with Crippen LogP contribution in [0.3, 0.4) is 0 Å². The summed E-state index contributed by atoms with van der Waals surface area (Å²) >= 11 is 0. The molecule has 0 bridgehead atoms. The standard InChI is InChI=1S/C25H20F3N5O2/c26-20-10-29-21(32-22(20)31-18-3-4-19-15(6-18)9-30-23(19)34)13-1-2-14-11-33(12-16(14)5-13)24(35)17-7-25(27,28)8-17/h1-6,10,17H,7-9,11-12H2,(H,30,34)(H,29,31,32). The van der Waals surface area contributed by atoms with E-state index in [-0.39, 0.29) is 30.5 Å². The van der Waals surface area contributed by atoms with Crippen LogP contribution in [0.2, 0.25) is 0 Å². The molecular weight excluding hydrogens is 459 g/mol. The van der Waals surface area contributed by atoms with E-state index in [1.54, 1.807) is 29.2 Å². The van der Waals surface area contributed by atoms with Gasteiger partial charge in [-0.05, 0) is 41.0 Å². The van der Waals surface area contributed by atoms with Crippen LogP contribution in [0.1, 0.15) is 39.9 Å². The molecule has 0 unspecified atom stereocenters. The summed E-state index contributed by atoms with van der Waals surface area (Å²) in [7, 11) is 0. The molecular formula is C25H20F3N5O2. The molecule has 3 aromatic rings. The van der Waals surface area contributed by atoms with Crippen LogP contribution in [0.5, 0.6) is 0 Å². The second kappa shape index (κ2) is 7.79. The molecule has 10 heteroatoms. The number of nitrogens with zero attached hydrogens (tertiary/aromatic N) is 3. The van der Waals surface area contributed by atoms with Crippen molar-refractivity contribution in [1.29, 1.82) is 0 Å². The maximum Gasteiger partial charge on any atom is 0.251 e. The van der Waals surface area contributed by atoms with Crippen molar-refractivity contribution in [3.05, 3.63) is 70.7 Å². The third kappa shape index (κ3) is 3.88. The number of rotatable bonds is 4. The van der Waals surface area contributed by atoms with Gasteiger partial charge in [-0.25, -0.2) is 23.1 Å². The first kappa shape index (κ1) is 21.6. The minimum absolute atomic E-state index is 0.00422. The fraction of sp³-hybridized carbons (Fsp3) is 0.280. The van der Waals surface area contributed by atoms with Crippen molar-refractivity contribution < 1.29 is 22.8 Å². The quantitative estimate of drug-likeness (QED) is 0.587. The van der Waals surface area contributed by atoms with E-state index in [2.05, 4.69) is 20.6 Å². The topological polar surface area (TPSA) is 87.2 Å². The van der Waals surface area contributed by atoms with Gasteiger partial charge in [0.2, 0.25) is 11.8 Å². The Labute approximate surface area is 198 Å². The Morgan fingerprint density at radius 2 is 1.89 bits per heavy atom. The zero-order valence-electron chi connectivity index (χ0n) is 18.4. The molecule has 0 radical (unpaired) electrons. The molecule has 6 rings (SSSR count). The molecule has 1 aromatic heterocycles. The number of benzene rings is 2. The first-order valence-corrected chi connectivity index (χ1v) is 11.3. The minimum atomic E-state index is -2.74. The van der Waals surface area contributed by atoms with Crippen molar-refractivity contribution >= 4 is 23.3 Å². The van der Waals surface area contributed by atoms with Crippen molar-refractivity contribution in [3.8, 4) is 11.4 Å². The van der Waals surface area contributed by atoms with Crippen LogP contribution in [0, 0.1) is 11.7 Å². The zero-order valence-corrected chi connectivity index (χ0v) is 18.4. The number of hydrogen-bond donors (Lipinski definition) is 2. The summed E-state index contributed by atoms with van der Waals surface area (Å²) in [6.45, 7) is 1.13. The summed E-state index contributed by atoms with van der Waals surface area (Å²) in [5.41, 5.74) is 4.48. The van der Waals surface area contributed by atoms with Crippen LogP contribution < -0.4 is 10.6 Å². The first-order valence-electron chi connectivity index (χ1n) is 11.3. The van der Waals surface area contributed by atoms with Crippen LogP contribution in [-0.2, 0) is 24.4 Å². The van der Waals surface area contributed by atoms with E-state index in [1.165, 1.54) is 0 Å². The van der Waals surface area contributed by atoms with Gasteiger partial charge in [-0.1, -0.05) is 12.1 Å². The van der Waals surface area contributed by atoms with E-state index in [0.717, 1.165) is 22.9 Å². The number of hydrogen-bond acceptors (Lipinski definition) is 5. The van der Waals surface area contributed by atoms with Crippen LogP contribution in [-0.4, -0.2) is 32.6 Å². The van der Waals surface area contributed by atoms with Crippen molar-refractivity contribution in [2.24, 2.45) is 5.92 Å². The minimum Gasteiger partial charge on any atom is -0.348 e. The number of anilines is 2. The summed E-state index contributed by atoms with van der Waals surface area (Å²) < 4.78 is 40.8. The van der Waals surface area contributed by atoms with E-state index in [9.17, 15) is 22.8 Å². The number of carbonyl (C=O) groups excluding carboxylic acids is 2. The molecule has 2 N–H and O–H groups in total. The highest BCUT2D eigenvalue weighted by atomic mass is 19.3. The van der Waals surface area contributed by atoms with Crippen molar-refractivity contribution in [2.45, 2.75) is 38.4 Å². The summed E-state index contributed by atoms with van der Waals surface area (Å²) in [4.78, 5) is 34.4. The lowest BCUT2D eigenvalue weighted by Crippen LogP contribution is -2.45. The Morgan fingerprint density at radius 1 is 1.09 bits per heavy atom. The molecule has 3 heterocycles. The normalized spacial score (nSPS) is 18.0. The van der Waals surface area contributed by atoms with Crippen LogP contribution in [0.4, 0.5) is 24.7 Å². The lowest BCUT2D eigenvalue weighted by atomic mass is 9.80. The molecule has 1 aliphatic carbocycles. The van der Waals surface area contributed by atoms with Crippen LogP contribution in [0.15, 0.2) is 42.6 Å². The first-order chi connectivity index (χ1) is 16.8. The average molecular weight is 479 g/mol. The van der Waals surface area contributed by atoms with Gasteiger partial charge in [-0.15, -0.1) is 0 Å². The zero-order chi connectivity index (χ0) is 24.3. The predicted molar refractivity (Wildman–Crippen MR) is 120 cm³/mol. The Balaban J connectivity index is 1.21. The maximum absolute atomic E-state index is 14.5. The van der Waals surface area contributed by atoms with Crippen molar-refractivity contribution in [2.75, 3.05) is 5.32 Å². The van der Waals surface area contributed by atoms with E-state index >= 15 is 0 Å². The van der Waals surface area contributed by atoms with Gasteiger partial charge in [0, 0.05) is 55.2 Å². The molecule has 2 amide bonds. The molecule has 3 aliphatic rings. The van der Waals surface area contributed by atoms with Crippen LogP contribution in [0.25, 0.3) is 11.4 Å². The molecule has 1 saturated carbocycles. The Kier molecular flexibility index (Phi) is 4.80. The lowest BCUT2D eigenvalue weighted by Gasteiger charge is -2.36. The number of fused-ring (bicyclic) bond motifs is 2. The van der Waals surface area contributed by atoms with Gasteiger partial charge in [0.15, 0.2) is 17.5 Å². The maximum atomic E-state index is 14.5. The van der Waals surface area contributed by atoms with Gasteiger partial charge in [-0.3, -0.25) is 9.59 Å². The SMILES string of the molecule is O=C1NCc2cc(Nc3nc(-c4ccc5c(c4)CN(C(=O)C4CC(F)(F)C4)C5)ncc3F)ccc21. The fourth-order valence-electron chi connectivity index (χ4n) is 4.82. The number of nitrogens with one attached hydrogen (secondary N) is 2. The Hall–Kier alpha value is -3.95. The molecule has 0 spiro atoms. The van der Waals surface area contributed by atoms with Gasteiger partial charge in [0.05, 0.1) is 6.20 Å². The number of carbonyl (C=O) groups is 2.